The molecule has 1 heterocycles. The van der Waals surface area contributed by atoms with E-state index in [0.717, 1.165) is 22.5 Å². The van der Waals surface area contributed by atoms with Crippen LogP contribution in [0, 0.1) is 6.92 Å². The number of aromatic nitrogens is 2. The lowest BCUT2D eigenvalue weighted by atomic mass is 10.1. The molecule has 0 aliphatic rings. The fraction of sp³-hybridized carbons (Fsp3) is 0.192. The number of benzene rings is 3. The number of aryl methyl sites for hydroxylation is 1. The number of nitrogens with zero attached hydrogens (tertiary/aromatic N) is 3. The summed E-state index contributed by atoms with van der Waals surface area (Å²) < 4.78 is 2.11. The van der Waals surface area contributed by atoms with E-state index < -0.39 is 5.97 Å². The first-order valence-electron chi connectivity index (χ1n) is 10.7. The number of rotatable bonds is 8. The van der Waals surface area contributed by atoms with E-state index in [9.17, 15) is 14.7 Å². The Labute approximate surface area is 197 Å². The first-order chi connectivity index (χ1) is 15.9. The zero-order valence-corrected chi connectivity index (χ0v) is 19.0. The fourth-order valence-electron chi connectivity index (χ4n) is 3.86. The SMILES string of the molecule is Cc1nc2cc(C(=O)N(CCc3ccc(Cl)cc3)CC(=O)O)ccc2n1Cc1ccccc1. The van der Waals surface area contributed by atoms with E-state index in [1.54, 1.807) is 24.3 Å². The molecular formula is C26H24ClN3O3. The van der Waals surface area contributed by atoms with Crippen LogP contribution in [0.3, 0.4) is 0 Å². The van der Waals surface area contributed by atoms with Gasteiger partial charge in [-0.2, -0.15) is 0 Å². The molecule has 0 spiro atoms. The predicted molar refractivity (Wildman–Crippen MR) is 129 cm³/mol. The molecule has 0 aliphatic carbocycles. The Balaban J connectivity index is 1.56. The van der Waals surface area contributed by atoms with Gasteiger partial charge in [0.1, 0.15) is 12.4 Å². The highest BCUT2D eigenvalue weighted by atomic mass is 35.5. The standard InChI is InChI=1S/C26H24ClN3O3/c1-18-28-23-15-21(9-12-24(23)30(18)16-20-5-3-2-4-6-20)26(33)29(17-25(31)32)14-13-19-7-10-22(27)11-8-19/h2-12,15H,13-14,16-17H2,1H3,(H,31,32). The van der Waals surface area contributed by atoms with Crippen molar-refractivity contribution in [2.75, 3.05) is 13.1 Å². The number of fused-ring (bicyclic) bond motifs is 1. The van der Waals surface area contributed by atoms with Crippen LogP contribution in [0.15, 0.2) is 72.8 Å². The van der Waals surface area contributed by atoms with Crippen LogP contribution in [-0.2, 0) is 17.8 Å². The zero-order chi connectivity index (χ0) is 23.4. The number of hydrogen-bond donors (Lipinski definition) is 1. The van der Waals surface area contributed by atoms with Gasteiger partial charge in [-0.3, -0.25) is 9.59 Å². The van der Waals surface area contributed by atoms with Crippen LogP contribution in [0.5, 0.6) is 0 Å². The highest BCUT2D eigenvalue weighted by Gasteiger charge is 2.20. The van der Waals surface area contributed by atoms with E-state index in [2.05, 4.69) is 21.7 Å². The second-order valence-corrected chi connectivity index (χ2v) is 8.37. The number of imidazole rings is 1. The molecule has 1 N–H and O–H groups in total. The molecule has 168 valence electrons. The van der Waals surface area contributed by atoms with Crippen LogP contribution in [0.1, 0.15) is 27.3 Å². The molecule has 33 heavy (non-hydrogen) atoms. The van der Waals surface area contributed by atoms with Crippen molar-refractivity contribution in [3.8, 4) is 0 Å². The summed E-state index contributed by atoms with van der Waals surface area (Å²) in [5.41, 5.74) is 4.20. The first kappa shape index (κ1) is 22.6. The summed E-state index contributed by atoms with van der Waals surface area (Å²) in [4.78, 5) is 30.6. The molecule has 4 rings (SSSR count). The van der Waals surface area contributed by atoms with Crippen LogP contribution in [0.4, 0.5) is 0 Å². The third kappa shape index (κ3) is 5.41. The van der Waals surface area contributed by atoms with E-state index in [0.29, 0.717) is 29.1 Å². The van der Waals surface area contributed by atoms with Gasteiger partial charge in [-0.15, -0.1) is 0 Å². The number of carboxylic acids is 1. The van der Waals surface area contributed by atoms with Crippen LogP contribution in [0.25, 0.3) is 11.0 Å². The summed E-state index contributed by atoms with van der Waals surface area (Å²) in [7, 11) is 0. The van der Waals surface area contributed by atoms with Crippen molar-refractivity contribution >= 4 is 34.5 Å². The zero-order valence-electron chi connectivity index (χ0n) is 18.2. The van der Waals surface area contributed by atoms with Crippen molar-refractivity contribution in [1.29, 1.82) is 0 Å². The fourth-order valence-corrected chi connectivity index (χ4v) is 3.99. The van der Waals surface area contributed by atoms with E-state index >= 15 is 0 Å². The molecule has 1 aromatic heterocycles. The van der Waals surface area contributed by atoms with E-state index in [1.807, 2.05) is 43.3 Å². The third-order valence-electron chi connectivity index (χ3n) is 5.57. The number of amides is 1. The van der Waals surface area contributed by atoms with Crippen LogP contribution in [-0.4, -0.2) is 44.5 Å². The van der Waals surface area contributed by atoms with Crippen molar-refractivity contribution in [2.24, 2.45) is 0 Å². The van der Waals surface area contributed by atoms with E-state index in [1.165, 1.54) is 4.90 Å². The maximum atomic E-state index is 13.2. The van der Waals surface area contributed by atoms with Gasteiger partial charge in [0.25, 0.3) is 5.91 Å². The molecular weight excluding hydrogens is 438 g/mol. The first-order valence-corrected chi connectivity index (χ1v) is 11.0. The minimum atomic E-state index is -1.05. The topological polar surface area (TPSA) is 75.4 Å². The normalized spacial score (nSPS) is 11.0. The van der Waals surface area contributed by atoms with Gasteiger partial charge in [0.15, 0.2) is 0 Å². The Kier molecular flexibility index (Phi) is 6.75. The van der Waals surface area contributed by atoms with Crippen molar-refractivity contribution < 1.29 is 14.7 Å². The number of carbonyl (C=O) groups is 2. The number of carbonyl (C=O) groups excluding carboxylic acids is 1. The Morgan fingerprint density at radius 2 is 1.73 bits per heavy atom. The van der Waals surface area contributed by atoms with Crippen molar-refractivity contribution in [2.45, 2.75) is 19.9 Å². The van der Waals surface area contributed by atoms with Crippen molar-refractivity contribution in [1.82, 2.24) is 14.5 Å². The van der Waals surface area contributed by atoms with E-state index in [-0.39, 0.29) is 19.0 Å². The predicted octanol–water partition coefficient (Wildman–Crippen LogP) is 4.82. The molecule has 4 aromatic rings. The van der Waals surface area contributed by atoms with Gasteiger partial charge in [-0.1, -0.05) is 54.1 Å². The third-order valence-corrected chi connectivity index (χ3v) is 5.82. The minimum absolute atomic E-state index is 0.284. The van der Waals surface area contributed by atoms with Gasteiger partial charge < -0.3 is 14.6 Å². The maximum absolute atomic E-state index is 13.2. The van der Waals surface area contributed by atoms with Gasteiger partial charge in [0, 0.05) is 23.7 Å². The highest BCUT2D eigenvalue weighted by Crippen LogP contribution is 2.21. The summed E-state index contributed by atoms with van der Waals surface area (Å²) >= 11 is 5.93. The molecule has 0 radical (unpaired) electrons. The Bertz CT molecular complexity index is 1280. The summed E-state index contributed by atoms with van der Waals surface area (Å²) in [6.45, 7) is 2.54. The summed E-state index contributed by atoms with van der Waals surface area (Å²) in [5, 5.41) is 9.97. The number of aliphatic carboxylic acids is 1. The smallest absolute Gasteiger partial charge is 0.323 e. The molecule has 6 nitrogen and oxygen atoms in total. The molecule has 0 saturated carbocycles. The molecule has 7 heteroatoms. The van der Waals surface area contributed by atoms with Crippen LogP contribution in [0.2, 0.25) is 5.02 Å². The lowest BCUT2D eigenvalue weighted by Crippen LogP contribution is -2.37. The molecule has 0 saturated heterocycles. The Morgan fingerprint density at radius 1 is 1.00 bits per heavy atom. The lowest BCUT2D eigenvalue weighted by Gasteiger charge is -2.21. The average molecular weight is 462 g/mol. The Hall–Kier alpha value is -3.64. The number of halogens is 1. The highest BCUT2D eigenvalue weighted by molar-refractivity contribution is 6.30. The molecule has 0 fully saturated rings. The molecule has 1 amide bonds. The quantitative estimate of drug-likeness (QED) is 0.408. The number of hydrogen-bond acceptors (Lipinski definition) is 3. The van der Waals surface area contributed by atoms with Gasteiger partial charge >= 0.3 is 5.97 Å². The molecule has 0 unspecified atom stereocenters. The maximum Gasteiger partial charge on any atom is 0.323 e. The number of carboxylic acid groups (broad SMARTS) is 1. The summed E-state index contributed by atoms with van der Waals surface area (Å²) in [5.74, 6) is -0.532. The lowest BCUT2D eigenvalue weighted by molar-refractivity contribution is -0.137. The van der Waals surface area contributed by atoms with Crippen molar-refractivity contribution in [3.05, 3.63) is 100 Å². The summed E-state index contributed by atoms with van der Waals surface area (Å²) in [6, 6.07) is 22.8. The second kappa shape index (κ2) is 9.88. The largest absolute Gasteiger partial charge is 0.480 e. The van der Waals surface area contributed by atoms with Crippen LogP contribution >= 0.6 is 11.6 Å². The average Bonchev–Trinajstić information content (AvgIpc) is 3.12. The van der Waals surface area contributed by atoms with Crippen molar-refractivity contribution in [3.63, 3.8) is 0 Å². The minimum Gasteiger partial charge on any atom is -0.480 e. The monoisotopic (exact) mass is 461 g/mol. The second-order valence-electron chi connectivity index (χ2n) is 7.93. The van der Waals surface area contributed by atoms with Gasteiger partial charge in [-0.25, -0.2) is 4.98 Å². The molecule has 0 atom stereocenters. The van der Waals surface area contributed by atoms with Crippen LogP contribution < -0.4 is 0 Å². The van der Waals surface area contributed by atoms with Gasteiger partial charge in [0.05, 0.1) is 11.0 Å². The van der Waals surface area contributed by atoms with Gasteiger partial charge in [0.2, 0.25) is 0 Å². The Morgan fingerprint density at radius 3 is 2.42 bits per heavy atom. The summed E-state index contributed by atoms with van der Waals surface area (Å²) in [6.07, 6.45) is 0.531. The van der Waals surface area contributed by atoms with E-state index in [4.69, 9.17) is 11.6 Å². The van der Waals surface area contributed by atoms with Gasteiger partial charge in [-0.05, 0) is 54.8 Å². The molecule has 0 bridgehead atoms. The molecule has 3 aromatic carbocycles. The molecule has 0 aliphatic heterocycles.